The SMILES string of the molecule is CC1CN(c2nnc(Br)s2)CC1N(C)C. The minimum Gasteiger partial charge on any atom is -0.345 e. The molecule has 0 spiro atoms. The first-order chi connectivity index (χ1) is 7.08. The van der Waals surface area contributed by atoms with E-state index in [9.17, 15) is 0 Å². The Kier molecular flexibility index (Phi) is 3.27. The van der Waals surface area contributed by atoms with E-state index in [0.29, 0.717) is 12.0 Å². The lowest BCUT2D eigenvalue weighted by atomic mass is 10.1. The average molecular weight is 291 g/mol. The number of rotatable bonds is 2. The fourth-order valence-corrected chi connectivity index (χ4v) is 3.21. The van der Waals surface area contributed by atoms with Crippen molar-refractivity contribution >= 4 is 32.4 Å². The van der Waals surface area contributed by atoms with Crippen LogP contribution in [-0.2, 0) is 0 Å². The molecule has 0 saturated carbocycles. The molecule has 1 aromatic rings. The molecular weight excluding hydrogens is 276 g/mol. The Hall–Kier alpha value is -0.200. The zero-order valence-electron chi connectivity index (χ0n) is 9.14. The Morgan fingerprint density at radius 2 is 2.13 bits per heavy atom. The lowest BCUT2D eigenvalue weighted by Crippen LogP contribution is -2.34. The van der Waals surface area contributed by atoms with Crippen molar-refractivity contribution in [3.63, 3.8) is 0 Å². The maximum absolute atomic E-state index is 4.16. The van der Waals surface area contributed by atoms with E-state index < -0.39 is 0 Å². The van der Waals surface area contributed by atoms with Gasteiger partial charge in [0, 0.05) is 19.1 Å². The van der Waals surface area contributed by atoms with Gasteiger partial charge in [-0.1, -0.05) is 18.3 Å². The Labute approximate surface area is 102 Å². The first-order valence-electron chi connectivity index (χ1n) is 4.98. The summed E-state index contributed by atoms with van der Waals surface area (Å²) >= 11 is 4.95. The van der Waals surface area contributed by atoms with Crippen LogP contribution in [0.4, 0.5) is 5.13 Å². The minimum absolute atomic E-state index is 0.618. The average Bonchev–Trinajstić information content (AvgIpc) is 2.71. The zero-order valence-corrected chi connectivity index (χ0v) is 11.5. The number of hydrogen-bond acceptors (Lipinski definition) is 5. The molecule has 0 radical (unpaired) electrons. The highest BCUT2D eigenvalue weighted by Crippen LogP contribution is 2.30. The van der Waals surface area contributed by atoms with E-state index in [1.165, 1.54) is 0 Å². The third-order valence-electron chi connectivity index (χ3n) is 2.90. The van der Waals surface area contributed by atoms with Crippen LogP contribution in [0.1, 0.15) is 6.92 Å². The van der Waals surface area contributed by atoms with Crippen LogP contribution in [0, 0.1) is 5.92 Å². The fourth-order valence-electron chi connectivity index (χ4n) is 2.10. The molecule has 84 valence electrons. The number of hydrogen-bond donors (Lipinski definition) is 0. The molecule has 1 saturated heterocycles. The van der Waals surface area contributed by atoms with E-state index >= 15 is 0 Å². The summed E-state index contributed by atoms with van der Waals surface area (Å²) in [6.07, 6.45) is 0. The van der Waals surface area contributed by atoms with Crippen molar-refractivity contribution in [3.8, 4) is 0 Å². The molecule has 0 aliphatic carbocycles. The van der Waals surface area contributed by atoms with E-state index in [1.807, 2.05) is 0 Å². The largest absolute Gasteiger partial charge is 0.345 e. The number of anilines is 1. The van der Waals surface area contributed by atoms with Gasteiger partial charge in [0.2, 0.25) is 5.13 Å². The van der Waals surface area contributed by atoms with Crippen molar-refractivity contribution in [2.45, 2.75) is 13.0 Å². The van der Waals surface area contributed by atoms with Gasteiger partial charge in [0.15, 0.2) is 3.92 Å². The van der Waals surface area contributed by atoms with Crippen molar-refractivity contribution in [1.82, 2.24) is 15.1 Å². The Bertz CT molecular complexity index is 341. The molecule has 0 N–H and O–H groups in total. The van der Waals surface area contributed by atoms with Crippen molar-refractivity contribution in [1.29, 1.82) is 0 Å². The second-order valence-corrected chi connectivity index (χ2v) is 6.48. The van der Waals surface area contributed by atoms with Gasteiger partial charge in [-0.05, 0) is 35.9 Å². The fraction of sp³-hybridized carbons (Fsp3) is 0.778. The quantitative estimate of drug-likeness (QED) is 0.830. The van der Waals surface area contributed by atoms with Crippen molar-refractivity contribution in [2.24, 2.45) is 5.92 Å². The van der Waals surface area contributed by atoms with Crippen molar-refractivity contribution in [3.05, 3.63) is 3.92 Å². The maximum Gasteiger partial charge on any atom is 0.209 e. The van der Waals surface area contributed by atoms with Gasteiger partial charge >= 0.3 is 0 Å². The van der Waals surface area contributed by atoms with Gasteiger partial charge in [-0.25, -0.2) is 0 Å². The molecule has 4 nitrogen and oxygen atoms in total. The van der Waals surface area contributed by atoms with E-state index in [0.717, 1.165) is 22.1 Å². The summed E-state index contributed by atoms with van der Waals surface area (Å²) in [7, 11) is 4.28. The number of halogens is 1. The summed E-state index contributed by atoms with van der Waals surface area (Å²) in [6.45, 7) is 4.42. The molecule has 1 aliphatic rings. The molecule has 2 unspecified atom stereocenters. The first kappa shape index (κ1) is 11.3. The molecule has 6 heteroatoms. The third kappa shape index (κ3) is 2.32. The summed E-state index contributed by atoms with van der Waals surface area (Å²) in [5.41, 5.74) is 0. The second-order valence-electron chi connectivity index (χ2n) is 4.25. The molecule has 1 aromatic heterocycles. The van der Waals surface area contributed by atoms with Gasteiger partial charge in [0.05, 0.1) is 0 Å². The summed E-state index contributed by atoms with van der Waals surface area (Å²) in [6, 6.07) is 0.618. The Balaban J connectivity index is 2.09. The standard InChI is InChI=1S/C9H15BrN4S/c1-6-4-14(5-7(6)13(2)3)9-12-11-8(10)15-9/h6-7H,4-5H2,1-3H3. The highest BCUT2D eigenvalue weighted by Gasteiger charge is 2.32. The van der Waals surface area contributed by atoms with Crippen LogP contribution in [0.2, 0.25) is 0 Å². The van der Waals surface area contributed by atoms with Crippen LogP contribution in [0.15, 0.2) is 3.92 Å². The predicted molar refractivity (Wildman–Crippen MR) is 66.5 cm³/mol. The lowest BCUT2D eigenvalue weighted by molar-refractivity contribution is 0.266. The highest BCUT2D eigenvalue weighted by atomic mass is 79.9. The maximum atomic E-state index is 4.16. The topological polar surface area (TPSA) is 32.3 Å². The molecule has 15 heavy (non-hydrogen) atoms. The van der Waals surface area contributed by atoms with Crippen LogP contribution in [0.25, 0.3) is 0 Å². The molecule has 2 heterocycles. The summed E-state index contributed by atoms with van der Waals surface area (Å²) in [4.78, 5) is 4.61. The van der Waals surface area contributed by atoms with E-state index in [-0.39, 0.29) is 0 Å². The number of likely N-dealkylation sites (N-methyl/N-ethyl adjacent to an activating group) is 1. The minimum atomic E-state index is 0.618. The molecule has 2 atom stereocenters. The van der Waals surface area contributed by atoms with Crippen LogP contribution in [-0.4, -0.2) is 48.3 Å². The second kappa shape index (κ2) is 4.35. The van der Waals surface area contributed by atoms with Gasteiger partial charge in [0.1, 0.15) is 0 Å². The van der Waals surface area contributed by atoms with Gasteiger partial charge < -0.3 is 9.80 Å². The first-order valence-corrected chi connectivity index (χ1v) is 6.59. The monoisotopic (exact) mass is 290 g/mol. The number of aromatic nitrogens is 2. The van der Waals surface area contributed by atoms with Crippen molar-refractivity contribution in [2.75, 3.05) is 32.1 Å². The normalized spacial score (nSPS) is 26.6. The molecule has 0 aromatic carbocycles. The zero-order chi connectivity index (χ0) is 11.0. The Morgan fingerprint density at radius 3 is 2.60 bits per heavy atom. The van der Waals surface area contributed by atoms with Crippen LogP contribution in [0.5, 0.6) is 0 Å². The lowest BCUT2D eigenvalue weighted by Gasteiger charge is -2.22. The number of nitrogens with zero attached hydrogens (tertiary/aromatic N) is 4. The molecule has 1 fully saturated rings. The van der Waals surface area contributed by atoms with Crippen LogP contribution < -0.4 is 4.90 Å². The Morgan fingerprint density at radius 1 is 1.40 bits per heavy atom. The van der Waals surface area contributed by atoms with E-state index in [4.69, 9.17) is 0 Å². The van der Waals surface area contributed by atoms with Crippen molar-refractivity contribution < 1.29 is 0 Å². The molecule has 0 bridgehead atoms. The van der Waals surface area contributed by atoms with E-state index in [2.05, 4.69) is 56.9 Å². The summed E-state index contributed by atoms with van der Waals surface area (Å²) < 4.78 is 0.860. The van der Waals surface area contributed by atoms with Gasteiger partial charge in [-0.3, -0.25) is 0 Å². The molecule has 2 rings (SSSR count). The molecule has 1 aliphatic heterocycles. The van der Waals surface area contributed by atoms with Gasteiger partial charge in [-0.2, -0.15) is 0 Å². The van der Waals surface area contributed by atoms with Gasteiger partial charge in [0.25, 0.3) is 0 Å². The molecular formula is C9H15BrN4S. The predicted octanol–water partition coefficient (Wildman–Crippen LogP) is 1.69. The van der Waals surface area contributed by atoms with Crippen LogP contribution >= 0.6 is 27.3 Å². The summed E-state index contributed by atoms with van der Waals surface area (Å²) in [5.74, 6) is 0.683. The van der Waals surface area contributed by atoms with Crippen LogP contribution in [0.3, 0.4) is 0 Å². The van der Waals surface area contributed by atoms with E-state index in [1.54, 1.807) is 11.3 Å². The molecule has 0 amide bonds. The van der Waals surface area contributed by atoms with Gasteiger partial charge in [-0.15, -0.1) is 10.2 Å². The smallest absolute Gasteiger partial charge is 0.209 e. The highest BCUT2D eigenvalue weighted by molar-refractivity contribution is 9.11. The third-order valence-corrected chi connectivity index (χ3v) is 4.31. The summed E-state index contributed by atoms with van der Waals surface area (Å²) in [5, 5.41) is 9.17.